The molecule has 5 nitrogen and oxygen atoms in total. The first-order valence-electron chi connectivity index (χ1n) is 9.09. The first-order valence-corrected chi connectivity index (χ1v) is 9.09. The van der Waals surface area contributed by atoms with Crippen LogP contribution in [-0.4, -0.2) is 15.9 Å². The molecule has 0 atom stereocenters. The molecule has 0 saturated heterocycles. The number of nitrogens with zero attached hydrogens (tertiary/aromatic N) is 2. The van der Waals surface area contributed by atoms with Gasteiger partial charge in [0.05, 0.1) is 16.8 Å². The van der Waals surface area contributed by atoms with Crippen molar-refractivity contribution in [3.63, 3.8) is 0 Å². The predicted molar refractivity (Wildman–Crippen MR) is 112 cm³/mol. The quantitative estimate of drug-likeness (QED) is 0.531. The summed E-state index contributed by atoms with van der Waals surface area (Å²) >= 11 is 0. The second kappa shape index (κ2) is 7.88. The van der Waals surface area contributed by atoms with Gasteiger partial charge < -0.3 is 10.6 Å². The van der Waals surface area contributed by atoms with E-state index in [0.717, 1.165) is 16.7 Å². The topological polar surface area (TPSA) is 66.9 Å². The Kier molecular flexibility index (Phi) is 4.97. The number of para-hydroxylation sites is 1. The molecule has 0 aliphatic rings. The van der Waals surface area contributed by atoms with Crippen molar-refractivity contribution in [2.24, 2.45) is 0 Å². The summed E-state index contributed by atoms with van der Waals surface area (Å²) in [7, 11) is 0. The highest BCUT2D eigenvalue weighted by Crippen LogP contribution is 2.21. The molecule has 2 heterocycles. The van der Waals surface area contributed by atoms with Gasteiger partial charge in [-0.05, 0) is 36.8 Å². The highest BCUT2D eigenvalue weighted by molar-refractivity contribution is 6.08. The van der Waals surface area contributed by atoms with Gasteiger partial charge in [-0.1, -0.05) is 48.0 Å². The molecule has 0 unspecified atom stereocenters. The zero-order valence-corrected chi connectivity index (χ0v) is 15.5. The molecule has 0 radical (unpaired) electrons. The SMILES string of the molecule is Cc1ccc(CNc2ccc(C(=O)Nc3cccc4cccnc34)cn2)cc1. The lowest BCUT2D eigenvalue weighted by atomic mass is 10.1. The van der Waals surface area contributed by atoms with Crippen LogP contribution >= 0.6 is 0 Å². The van der Waals surface area contributed by atoms with Gasteiger partial charge >= 0.3 is 0 Å². The summed E-state index contributed by atoms with van der Waals surface area (Å²) in [6.45, 7) is 2.75. The van der Waals surface area contributed by atoms with E-state index < -0.39 is 0 Å². The molecule has 4 aromatic rings. The number of hydrogen-bond donors (Lipinski definition) is 2. The van der Waals surface area contributed by atoms with Crippen molar-refractivity contribution in [2.75, 3.05) is 10.6 Å². The Morgan fingerprint density at radius 3 is 2.54 bits per heavy atom. The molecule has 2 aromatic carbocycles. The molecule has 0 saturated carbocycles. The summed E-state index contributed by atoms with van der Waals surface area (Å²) in [4.78, 5) is 21.3. The van der Waals surface area contributed by atoms with E-state index in [9.17, 15) is 4.79 Å². The second-order valence-corrected chi connectivity index (χ2v) is 6.61. The maximum Gasteiger partial charge on any atom is 0.257 e. The van der Waals surface area contributed by atoms with E-state index in [4.69, 9.17) is 0 Å². The van der Waals surface area contributed by atoms with Gasteiger partial charge in [0.15, 0.2) is 0 Å². The normalized spacial score (nSPS) is 10.6. The van der Waals surface area contributed by atoms with Crippen LogP contribution < -0.4 is 10.6 Å². The van der Waals surface area contributed by atoms with Crippen molar-refractivity contribution in [1.82, 2.24) is 9.97 Å². The highest BCUT2D eigenvalue weighted by atomic mass is 16.1. The monoisotopic (exact) mass is 368 g/mol. The summed E-state index contributed by atoms with van der Waals surface area (Å²) in [5.41, 5.74) is 4.36. The van der Waals surface area contributed by atoms with E-state index in [1.807, 2.05) is 36.4 Å². The number of carbonyl (C=O) groups is 1. The van der Waals surface area contributed by atoms with E-state index in [1.165, 1.54) is 11.1 Å². The Balaban J connectivity index is 1.43. The maximum atomic E-state index is 12.6. The first kappa shape index (κ1) is 17.7. The predicted octanol–water partition coefficient (Wildman–Crippen LogP) is 4.80. The summed E-state index contributed by atoms with van der Waals surface area (Å²) in [5.74, 6) is 0.514. The molecular formula is C23H20N4O. The number of carbonyl (C=O) groups excluding carboxylic acids is 1. The Morgan fingerprint density at radius 1 is 0.929 bits per heavy atom. The van der Waals surface area contributed by atoms with Gasteiger partial charge in [-0.3, -0.25) is 9.78 Å². The van der Waals surface area contributed by atoms with E-state index in [1.54, 1.807) is 18.5 Å². The molecule has 2 N–H and O–H groups in total. The molecule has 0 spiro atoms. The van der Waals surface area contributed by atoms with Crippen molar-refractivity contribution < 1.29 is 4.79 Å². The molecule has 2 aromatic heterocycles. The van der Waals surface area contributed by atoms with Crippen LogP contribution in [0.2, 0.25) is 0 Å². The number of benzene rings is 2. The van der Waals surface area contributed by atoms with Crippen LogP contribution in [0.5, 0.6) is 0 Å². The Hall–Kier alpha value is -3.73. The number of amides is 1. The number of pyridine rings is 2. The minimum Gasteiger partial charge on any atom is -0.366 e. The van der Waals surface area contributed by atoms with Gasteiger partial charge in [0.2, 0.25) is 0 Å². The molecule has 0 aliphatic carbocycles. The third-order valence-electron chi connectivity index (χ3n) is 4.50. The van der Waals surface area contributed by atoms with Crippen LogP contribution in [0.4, 0.5) is 11.5 Å². The number of aryl methyl sites for hydroxylation is 1. The van der Waals surface area contributed by atoms with Gasteiger partial charge in [0, 0.05) is 24.3 Å². The zero-order chi connectivity index (χ0) is 19.3. The lowest BCUT2D eigenvalue weighted by Gasteiger charge is -2.09. The van der Waals surface area contributed by atoms with Gasteiger partial charge in [0.25, 0.3) is 5.91 Å². The lowest BCUT2D eigenvalue weighted by Crippen LogP contribution is -2.13. The molecule has 5 heteroatoms. The van der Waals surface area contributed by atoms with Gasteiger partial charge in [-0.25, -0.2) is 4.98 Å². The van der Waals surface area contributed by atoms with Crippen molar-refractivity contribution in [1.29, 1.82) is 0 Å². The van der Waals surface area contributed by atoms with Crippen molar-refractivity contribution in [3.8, 4) is 0 Å². The minimum atomic E-state index is -0.212. The smallest absolute Gasteiger partial charge is 0.257 e. The highest BCUT2D eigenvalue weighted by Gasteiger charge is 2.09. The van der Waals surface area contributed by atoms with Crippen molar-refractivity contribution in [2.45, 2.75) is 13.5 Å². The number of rotatable bonds is 5. The van der Waals surface area contributed by atoms with E-state index >= 15 is 0 Å². The molecule has 0 aliphatic heterocycles. The van der Waals surface area contributed by atoms with E-state index in [0.29, 0.717) is 17.8 Å². The average molecular weight is 368 g/mol. The van der Waals surface area contributed by atoms with E-state index in [2.05, 4.69) is 51.8 Å². The van der Waals surface area contributed by atoms with Crippen LogP contribution in [0.3, 0.4) is 0 Å². The molecule has 138 valence electrons. The fourth-order valence-electron chi connectivity index (χ4n) is 2.93. The van der Waals surface area contributed by atoms with Crippen LogP contribution in [0.1, 0.15) is 21.5 Å². The molecule has 28 heavy (non-hydrogen) atoms. The number of nitrogens with one attached hydrogen (secondary N) is 2. The number of aromatic nitrogens is 2. The Morgan fingerprint density at radius 2 is 1.75 bits per heavy atom. The fraction of sp³-hybridized carbons (Fsp3) is 0.0870. The van der Waals surface area contributed by atoms with E-state index in [-0.39, 0.29) is 5.91 Å². The minimum absolute atomic E-state index is 0.212. The van der Waals surface area contributed by atoms with Gasteiger partial charge in [-0.2, -0.15) is 0 Å². The maximum absolute atomic E-state index is 12.6. The zero-order valence-electron chi connectivity index (χ0n) is 15.5. The molecule has 0 bridgehead atoms. The molecule has 1 amide bonds. The third kappa shape index (κ3) is 3.99. The number of anilines is 2. The van der Waals surface area contributed by atoms with Crippen LogP contribution in [0.25, 0.3) is 10.9 Å². The summed E-state index contributed by atoms with van der Waals surface area (Å²) in [6, 6.07) is 21.5. The number of fused-ring (bicyclic) bond motifs is 1. The molecule has 4 rings (SSSR count). The van der Waals surface area contributed by atoms with Crippen LogP contribution in [0, 0.1) is 6.92 Å². The largest absolute Gasteiger partial charge is 0.366 e. The Bertz CT molecular complexity index is 1100. The first-order chi connectivity index (χ1) is 13.7. The number of hydrogen-bond acceptors (Lipinski definition) is 4. The summed E-state index contributed by atoms with van der Waals surface area (Å²) < 4.78 is 0. The molecule has 0 fully saturated rings. The standard InChI is InChI=1S/C23H20N4O/c1-16-7-9-17(10-8-16)14-25-21-12-11-19(15-26-21)23(28)27-20-6-2-4-18-5-3-13-24-22(18)20/h2-13,15H,14H2,1H3,(H,25,26)(H,27,28). The second-order valence-electron chi connectivity index (χ2n) is 6.61. The van der Waals surface area contributed by atoms with Crippen LogP contribution in [-0.2, 0) is 6.54 Å². The molecular weight excluding hydrogens is 348 g/mol. The van der Waals surface area contributed by atoms with Gasteiger partial charge in [0.1, 0.15) is 5.82 Å². The van der Waals surface area contributed by atoms with Crippen LogP contribution in [0.15, 0.2) is 79.1 Å². The Labute approximate surface area is 163 Å². The average Bonchev–Trinajstić information content (AvgIpc) is 2.74. The lowest BCUT2D eigenvalue weighted by molar-refractivity contribution is 0.102. The van der Waals surface area contributed by atoms with Gasteiger partial charge in [-0.15, -0.1) is 0 Å². The van der Waals surface area contributed by atoms with Crippen molar-refractivity contribution >= 4 is 28.3 Å². The third-order valence-corrected chi connectivity index (χ3v) is 4.50. The summed E-state index contributed by atoms with van der Waals surface area (Å²) in [5, 5.41) is 7.17. The summed E-state index contributed by atoms with van der Waals surface area (Å²) in [6.07, 6.45) is 3.29. The fourth-order valence-corrected chi connectivity index (χ4v) is 2.93. The van der Waals surface area contributed by atoms with Crippen molar-refractivity contribution in [3.05, 3.63) is 95.8 Å².